The number of rotatable bonds is 7. The van der Waals surface area contributed by atoms with Crippen molar-refractivity contribution in [1.82, 2.24) is 19.9 Å². The number of ether oxygens (including phenoxy) is 1. The van der Waals surface area contributed by atoms with E-state index in [4.69, 9.17) is 9.72 Å². The average Bonchev–Trinajstić information content (AvgIpc) is 3.32. The van der Waals surface area contributed by atoms with Crippen molar-refractivity contribution in [2.24, 2.45) is 0 Å². The highest BCUT2D eigenvalue weighted by Crippen LogP contribution is 2.22. The number of aromatic amines is 1. The zero-order valence-electron chi connectivity index (χ0n) is 19.4. The van der Waals surface area contributed by atoms with Crippen molar-refractivity contribution in [3.63, 3.8) is 0 Å². The number of imidazole rings is 1. The van der Waals surface area contributed by atoms with Gasteiger partial charge in [-0.2, -0.15) is 0 Å². The Morgan fingerprint density at radius 2 is 1.82 bits per heavy atom. The van der Waals surface area contributed by atoms with Crippen LogP contribution in [-0.4, -0.2) is 65.8 Å². The first-order valence-electron chi connectivity index (χ1n) is 11.6. The Kier molecular flexibility index (Phi) is 7.00. The maximum absolute atomic E-state index is 5.52. The molecule has 0 bridgehead atoms. The van der Waals surface area contributed by atoms with E-state index in [0.717, 1.165) is 54.4 Å². The molecule has 2 aromatic carbocycles. The molecule has 6 nitrogen and oxygen atoms in total. The van der Waals surface area contributed by atoms with Crippen LogP contribution in [0.4, 0.5) is 5.82 Å². The van der Waals surface area contributed by atoms with E-state index in [1.54, 1.807) is 7.11 Å². The van der Waals surface area contributed by atoms with Crippen LogP contribution in [-0.2, 0) is 4.74 Å². The molecule has 174 valence electrons. The van der Waals surface area contributed by atoms with Crippen molar-refractivity contribution >= 4 is 37.5 Å². The van der Waals surface area contributed by atoms with Crippen LogP contribution < -0.4 is 10.2 Å². The predicted molar refractivity (Wildman–Crippen MR) is 144 cm³/mol. The van der Waals surface area contributed by atoms with E-state index >= 15 is 0 Å². The van der Waals surface area contributed by atoms with E-state index in [0.29, 0.717) is 6.61 Å². The fourth-order valence-corrected chi connectivity index (χ4v) is 4.56. The van der Waals surface area contributed by atoms with Gasteiger partial charge in [-0.3, -0.25) is 4.90 Å². The fourth-order valence-electron chi connectivity index (χ4n) is 4.37. The summed E-state index contributed by atoms with van der Waals surface area (Å²) in [5.41, 5.74) is 4.22. The summed E-state index contributed by atoms with van der Waals surface area (Å²) in [6.07, 6.45) is 6.37. The number of hydrogen-bond acceptors (Lipinski definition) is 5. The number of H-pyrrole nitrogens is 1. The highest BCUT2D eigenvalue weighted by Gasteiger charge is 2.23. The summed E-state index contributed by atoms with van der Waals surface area (Å²) < 4.78 is 5.52. The highest BCUT2D eigenvalue weighted by molar-refractivity contribution is 7.27. The molecule has 1 fully saturated rings. The van der Waals surface area contributed by atoms with Gasteiger partial charge < -0.3 is 14.6 Å². The van der Waals surface area contributed by atoms with Crippen LogP contribution in [0.3, 0.4) is 0 Å². The van der Waals surface area contributed by atoms with Gasteiger partial charge in [-0.25, -0.2) is 9.97 Å². The SMILES string of the molecule is COCC(/C=C/c1ccc(P)cc1)N1CCN(c2ccc(-c3nc4ccccc4[nH]3)cn2)CC1. The van der Waals surface area contributed by atoms with Crippen molar-refractivity contribution in [2.45, 2.75) is 6.04 Å². The molecule has 0 spiro atoms. The Hall–Kier alpha value is -3.05. The van der Waals surface area contributed by atoms with Gasteiger partial charge in [0.1, 0.15) is 11.6 Å². The molecule has 34 heavy (non-hydrogen) atoms. The molecule has 1 aliphatic rings. The molecule has 5 rings (SSSR count). The third kappa shape index (κ3) is 5.20. The van der Waals surface area contributed by atoms with Gasteiger partial charge in [0.15, 0.2) is 0 Å². The second kappa shape index (κ2) is 10.5. The van der Waals surface area contributed by atoms with Gasteiger partial charge in [0.2, 0.25) is 0 Å². The number of anilines is 1. The third-order valence-corrected chi connectivity index (χ3v) is 6.69. The van der Waals surface area contributed by atoms with Crippen LogP contribution in [0.2, 0.25) is 0 Å². The lowest BCUT2D eigenvalue weighted by Crippen LogP contribution is -2.51. The molecular formula is C27H30N5OP. The van der Waals surface area contributed by atoms with Crippen LogP contribution in [0, 0.1) is 0 Å². The Morgan fingerprint density at radius 1 is 1.03 bits per heavy atom. The molecule has 2 atom stereocenters. The molecule has 0 aliphatic carbocycles. The molecule has 2 unspecified atom stereocenters. The van der Waals surface area contributed by atoms with Crippen molar-refractivity contribution in [3.8, 4) is 11.4 Å². The second-order valence-electron chi connectivity index (χ2n) is 8.58. The molecule has 2 aromatic heterocycles. The molecular weight excluding hydrogens is 441 g/mol. The van der Waals surface area contributed by atoms with Gasteiger partial charge in [-0.15, -0.1) is 9.24 Å². The molecule has 0 radical (unpaired) electrons. The predicted octanol–water partition coefficient (Wildman–Crippen LogP) is 3.98. The van der Waals surface area contributed by atoms with Gasteiger partial charge in [0.05, 0.1) is 23.7 Å². The van der Waals surface area contributed by atoms with Gasteiger partial charge in [-0.1, -0.05) is 48.6 Å². The van der Waals surface area contributed by atoms with Gasteiger partial charge >= 0.3 is 0 Å². The van der Waals surface area contributed by atoms with Crippen molar-refractivity contribution in [3.05, 3.63) is 78.5 Å². The summed E-state index contributed by atoms with van der Waals surface area (Å²) in [4.78, 5) is 17.6. The maximum atomic E-state index is 5.52. The summed E-state index contributed by atoms with van der Waals surface area (Å²) >= 11 is 0. The minimum absolute atomic E-state index is 0.256. The number of nitrogens with one attached hydrogen (secondary N) is 1. The smallest absolute Gasteiger partial charge is 0.140 e. The Bertz CT molecular complexity index is 1210. The Balaban J connectivity index is 1.21. The van der Waals surface area contributed by atoms with E-state index in [2.05, 4.69) is 77.6 Å². The molecule has 4 aromatic rings. The molecule has 1 N–H and O–H groups in total. The number of aromatic nitrogens is 3. The van der Waals surface area contributed by atoms with Crippen molar-refractivity contribution in [1.29, 1.82) is 0 Å². The minimum atomic E-state index is 0.256. The van der Waals surface area contributed by atoms with E-state index in [1.165, 1.54) is 10.9 Å². The van der Waals surface area contributed by atoms with Crippen LogP contribution >= 0.6 is 9.24 Å². The molecule has 1 saturated heterocycles. The zero-order chi connectivity index (χ0) is 23.3. The summed E-state index contributed by atoms with van der Waals surface area (Å²) in [7, 11) is 4.50. The van der Waals surface area contributed by atoms with E-state index in [-0.39, 0.29) is 6.04 Å². The van der Waals surface area contributed by atoms with E-state index in [1.807, 2.05) is 30.5 Å². The number of piperazine rings is 1. The molecule has 0 amide bonds. The third-order valence-electron chi connectivity index (χ3n) is 6.30. The molecule has 1 aliphatic heterocycles. The number of methoxy groups -OCH3 is 1. The maximum Gasteiger partial charge on any atom is 0.140 e. The quantitative estimate of drug-likeness (QED) is 0.414. The minimum Gasteiger partial charge on any atom is -0.383 e. The zero-order valence-corrected chi connectivity index (χ0v) is 20.5. The van der Waals surface area contributed by atoms with Crippen molar-refractivity contribution in [2.75, 3.05) is 44.8 Å². The highest BCUT2D eigenvalue weighted by atomic mass is 31.0. The summed E-state index contributed by atoms with van der Waals surface area (Å²) in [5.74, 6) is 1.86. The lowest BCUT2D eigenvalue weighted by Gasteiger charge is -2.38. The van der Waals surface area contributed by atoms with E-state index in [9.17, 15) is 0 Å². The van der Waals surface area contributed by atoms with Gasteiger partial charge in [0, 0.05) is 45.0 Å². The first kappa shape index (κ1) is 22.7. The first-order valence-corrected chi connectivity index (χ1v) is 12.2. The monoisotopic (exact) mass is 471 g/mol. The van der Waals surface area contributed by atoms with Crippen molar-refractivity contribution < 1.29 is 4.74 Å². The summed E-state index contributed by atoms with van der Waals surface area (Å²) in [6.45, 7) is 4.49. The number of hydrogen-bond donors (Lipinski definition) is 1. The number of fused-ring (bicyclic) bond motifs is 1. The van der Waals surface area contributed by atoms with Gasteiger partial charge in [0.25, 0.3) is 0 Å². The Morgan fingerprint density at radius 3 is 2.53 bits per heavy atom. The average molecular weight is 472 g/mol. The second-order valence-corrected chi connectivity index (χ2v) is 9.25. The van der Waals surface area contributed by atoms with Crippen LogP contribution in [0.25, 0.3) is 28.5 Å². The Labute approximate surface area is 202 Å². The number of para-hydroxylation sites is 2. The normalized spacial score (nSPS) is 15.9. The topological polar surface area (TPSA) is 57.3 Å². The van der Waals surface area contributed by atoms with Crippen LogP contribution in [0.15, 0.2) is 72.9 Å². The fraction of sp³-hybridized carbons (Fsp3) is 0.259. The number of benzene rings is 2. The summed E-state index contributed by atoms with van der Waals surface area (Å²) in [6, 6.07) is 21.0. The number of pyridine rings is 1. The lowest BCUT2D eigenvalue weighted by molar-refractivity contribution is 0.109. The molecule has 3 heterocycles. The van der Waals surface area contributed by atoms with Crippen LogP contribution in [0.1, 0.15) is 5.56 Å². The first-order chi connectivity index (χ1) is 16.7. The van der Waals surface area contributed by atoms with Gasteiger partial charge in [-0.05, 0) is 35.1 Å². The standard InChI is InChI=1S/C27H30N5OP/c1-33-19-22(10-6-20-7-11-23(34)12-8-20)31-14-16-32(17-15-31)26-13-9-21(18-28-26)27-29-24-4-2-3-5-25(24)30-27/h2-13,18,22H,14-17,19,34H2,1H3,(H,29,30)/b10-6+. The lowest BCUT2D eigenvalue weighted by atomic mass is 10.1. The van der Waals surface area contributed by atoms with E-state index < -0.39 is 0 Å². The summed E-state index contributed by atoms with van der Waals surface area (Å²) in [5, 5.41) is 1.20. The molecule has 0 saturated carbocycles. The van der Waals surface area contributed by atoms with Crippen LogP contribution in [0.5, 0.6) is 0 Å². The molecule has 7 heteroatoms. The largest absolute Gasteiger partial charge is 0.383 e. The number of nitrogens with zero attached hydrogens (tertiary/aromatic N) is 4.